The quantitative estimate of drug-likeness (QED) is 0.743. The van der Waals surface area contributed by atoms with Gasteiger partial charge in [-0.15, -0.1) is 0 Å². The lowest BCUT2D eigenvalue weighted by molar-refractivity contribution is -0.121. The van der Waals surface area contributed by atoms with Gasteiger partial charge in [-0.25, -0.2) is 13.1 Å². The van der Waals surface area contributed by atoms with E-state index in [2.05, 4.69) is 10.0 Å². The van der Waals surface area contributed by atoms with Gasteiger partial charge in [-0.3, -0.25) is 4.79 Å². The van der Waals surface area contributed by atoms with Crippen molar-refractivity contribution in [2.24, 2.45) is 0 Å². The van der Waals surface area contributed by atoms with Crippen LogP contribution in [0.4, 0.5) is 0 Å². The molecule has 1 aliphatic rings. The molecule has 1 atom stereocenters. The maximum Gasteiger partial charge on any atom is 0.240 e. The molecule has 1 fully saturated rings. The predicted molar refractivity (Wildman–Crippen MR) is 92.2 cm³/mol. The van der Waals surface area contributed by atoms with E-state index in [1.807, 2.05) is 0 Å². The van der Waals surface area contributed by atoms with Crippen molar-refractivity contribution < 1.29 is 17.9 Å². The summed E-state index contributed by atoms with van der Waals surface area (Å²) in [7, 11) is -3.47. The third-order valence-electron chi connectivity index (χ3n) is 3.82. The summed E-state index contributed by atoms with van der Waals surface area (Å²) in [6.45, 7) is 4.90. The second-order valence-electron chi connectivity index (χ2n) is 6.36. The van der Waals surface area contributed by atoms with Crippen LogP contribution < -0.4 is 10.0 Å². The van der Waals surface area contributed by atoms with Gasteiger partial charge in [0.15, 0.2) is 0 Å². The Labute approximate surface area is 144 Å². The molecule has 2 rings (SSSR count). The van der Waals surface area contributed by atoms with Crippen molar-refractivity contribution in [3.8, 4) is 0 Å². The third-order valence-corrected chi connectivity index (χ3v) is 5.49. The minimum absolute atomic E-state index is 0.0105. The zero-order valence-corrected chi connectivity index (χ0v) is 15.1. The highest BCUT2D eigenvalue weighted by atomic mass is 32.2. The number of sulfonamides is 1. The lowest BCUT2D eigenvalue weighted by atomic mass is 10.1. The zero-order chi connectivity index (χ0) is 17.6. The van der Waals surface area contributed by atoms with Gasteiger partial charge in [0.05, 0.1) is 11.0 Å². The van der Waals surface area contributed by atoms with Crippen LogP contribution in [0.3, 0.4) is 0 Å². The minimum atomic E-state index is -3.47. The van der Waals surface area contributed by atoms with Gasteiger partial charge in [-0.1, -0.05) is 12.1 Å². The molecule has 0 unspecified atom stereocenters. The van der Waals surface area contributed by atoms with Gasteiger partial charge in [-0.05, 0) is 50.8 Å². The summed E-state index contributed by atoms with van der Waals surface area (Å²) in [6.07, 6.45) is 3.16. The van der Waals surface area contributed by atoms with Gasteiger partial charge < -0.3 is 10.1 Å². The summed E-state index contributed by atoms with van der Waals surface area (Å²) >= 11 is 0. The van der Waals surface area contributed by atoms with E-state index in [-0.39, 0.29) is 22.9 Å². The maximum atomic E-state index is 12.0. The number of rotatable bonds is 8. The van der Waals surface area contributed by atoms with Crippen LogP contribution in [0.25, 0.3) is 0 Å². The van der Waals surface area contributed by atoms with Crippen molar-refractivity contribution in [1.82, 2.24) is 10.0 Å². The average molecular weight is 354 g/mol. The van der Waals surface area contributed by atoms with Crippen LogP contribution >= 0.6 is 0 Å². The highest BCUT2D eigenvalue weighted by Gasteiger charge is 2.17. The number of amides is 1. The smallest absolute Gasteiger partial charge is 0.240 e. The van der Waals surface area contributed by atoms with Crippen LogP contribution in [0.1, 0.15) is 38.7 Å². The Morgan fingerprint density at radius 1 is 1.29 bits per heavy atom. The first kappa shape index (κ1) is 18.9. The average Bonchev–Trinajstić information content (AvgIpc) is 3.03. The molecule has 1 amide bonds. The lowest BCUT2D eigenvalue weighted by Gasteiger charge is -2.11. The van der Waals surface area contributed by atoms with Gasteiger partial charge in [-0.2, -0.15) is 0 Å². The maximum absolute atomic E-state index is 12.0. The van der Waals surface area contributed by atoms with Gasteiger partial charge in [0.2, 0.25) is 15.9 Å². The van der Waals surface area contributed by atoms with Crippen molar-refractivity contribution in [2.75, 3.05) is 13.2 Å². The Morgan fingerprint density at radius 3 is 2.58 bits per heavy atom. The molecular formula is C17H26N2O4S. The highest BCUT2D eigenvalue weighted by Crippen LogP contribution is 2.13. The molecule has 1 saturated heterocycles. The molecule has 2 N–H and O–H groups in total. The van der Waals surface area contributed by atoms with E-state index >= 15 is 0 Å². The van der Waals surface area contributed by atoms with Crippen molar-refractivity contribution in [3.63, 3.8) is 0 Å². The van der Waals surface area contributed by atoms with Crippen LogP contribution in [-0.2, 0) is 26.0 Å². The first-order valence-corrected chi connectivity index (χ1v) is 9.85. The Bertz CT molecular complexity index is 635. The molecule has 1 aromatic rings. The minimum Gasteiger partial charge on any atom is -0.376 e. The molecule has 0 saturated carbocycles. The number of nitrogens with one attached hydrogen (secondary N) is 2. The van der Waals surface area contributed by atoms with Crippen molar-refractivity contribution in [3.05, 3.63) is 29.8 Å². The third kappa shape index (κ3) is 5.89. The molecule has 1 aromatic carbocycles. The number of benzene rings is 1. The van der Waals surface area contributed by atoms with E-state index in [0.717, 1.165) is 25.0 Å². The van der Waals surface area contributed by atoms with Gasteiger partial charge in [0.1, 0.15) is 0 Å². The molecule has 0 spiro atoms. The van der Waals surface area contributed by atoms with Crippen LogP contribution in [-0.4, -0.2) is 39.6 Å². The Balaban J connectivity index is 1.80. The molecule has 134 valence electrons. The molecule has 1 heterocycles. The van der Waals surface area contributed by atoms with E-state index in [1.165, 1.54) is 0 Å². The monoisotopic (exact) mass is 354 g/mol. The lowest BCUT2D eigenvalue weighted by Crippen LogP contribution is -2.31. The molecule has 0 radical (unpaired) electrons. The van der Waals surface area contributed by atoms with Gasteiger partial charge in [0.25, 0.3) is 0 Å². The number of aryl methyl sites for hydroxylation is 1. The number of hydrogen-bond donors (Lipinski definition) is 2. The number of carbonyl (C=O) groups excluding carboxylic acids is 1. The summed E-state index contributed by atoms with van der Waals surface area (Å²) in [5.41, 5.74) is 0.936. The molecule has 0 aliphatic carbocycles. The standard InChI is InChI=1S/C17H26N2O4S/c1-13(2)19-24(21,22)16-8-5-14(6-9-16)7-10-17(20)18-12-15-4-3-11-23-15/h5-6,8-9,13,15,19H,3-4,7,10-12H2,1-2H3,(H,18,20)/t15-/m1/s1. The summed E-state index contributed by atoms with van der Waals surface area (Å²) in [6, 6.07) is 6.50. The van der Waals surface area contributed by atoms with E-state index in [0.29, 0.717) is 19.4 Å². The summed E-state index contributed by atoms with van der Waals surface area (Å²) in [5.74, 6) is -0.0105. The Hall–Kier alpha value is -1.44. The van der Waals surface area contributed by atoms with Crippen LogP contribution in [0.5, 0.6) is 0 Å². The van der Waals surface area contributed by atoms with E-state index in [1.54, 1.807) is 38.1 Å². The second-order valence-corrected chi connectivity index (χ2v) is 8.07. The molecular weight excluding hydrogens is 328 g/mol. The first-order chi connectivity index (χ1) is 11.4. The fourth-order valence-corrected chi connectivity index (χ4v) is 3.84. The predicted octanol–water partition coefficient (Wildman–Crippen LogP) is 1.60. The number of ether oxygens (including phenoxy) is 1. The molecule has 0 bridgehead atoms. The van der Waals surface area contributed by atoms with Crippen LogP contribution in [0.15, 0.2) is 29.2 Å². The fourth-order valence-electron chi connectivity index (χ4n) is 2.59. The first-order valence-electron chi connectivity index (χ1n) is 8.36. The fraction of sp³-hybridized carbons (Fsp3) is 0.588. The van der Waals surface area contributed by atoms with E-state index in [4.69, 9.17) is 4.74 Å². The van der Waals surface area contributed by atoms with Crippen molar-refractivity contribution in [2.45, 2.75) is 56.6 Å². The second kappa shape index (κ2) is 8.60. The van der Waals surface area contributed by atoms with E-state index < -0.39 is 10.0 Å². The molecule has 7 heteroatoms. The number of carbonyl (C=O) groups is 1. The molecule has 24 heavy (non-hydrogen) atoms. The van der Waals surface area contributed by atoms with Crippen LogP contribution in [0, 0.1) is 0 Å². The zero-order valence-electron chi connectivity index (χ0n) is 14.2. The van der Waals surface area contributed by atoms with Crippen molar-refractivity contribution in [1.29, 1.82) is 0 Å². The molecule has 0 aromatic heterocycles. The largest absolute Gasteiger partial charge is 0.376 e. The SMILES string of the molecule is CC(C)NS(=O)(=O)c1ccc(CCC(=O)NC[C@H]2CCCO2)cc1. The summed E-state index contributed by atoms with van der Waals surface area (Å²) in [4.78, 5) is 12.1. The summed E-state index contributed by atoms with van der Waals surface area (Å²) < 4.78 is 32.1. The highest BCUT2D eigenvalue weighted by molar-refractivity contribution is 7.89. The van der Waals surface area contributed by atoms with E-state index in [9.17, 15) is 13.2 Å². The number of hydrogen-bond acceptors (Lipinski definition) is 4. The van der Waals surface area contributed by atoms with Gasteiger partial charge in [0, 0.05) is 25.6 Å². The molecule has 1 aliphatic heterocycles. The Kier molecular flexibility index (Phi) is 6.77. The normalized spacial score (nSPS) is 18.0. The molecule has 6 nitrogen and oxygen atoms in total. The topological polar surface area (TPSA) is 84.5 Å². The van der Waals surface area contributed by atoms with Gasteiger partial charge >= 0.3 is 0 Å². The summed E-state index contributed by atoms with van der Waals surface area (Å²) in [5, 5.41) is 2.88. The van der Waals surface area contributed by atoms with Crippen LogP contribution in [0.2, 0.25) is 0 Å². The Morgan fingerprint density at radius 2 is 2.00 bits per heavy atom. The van der Waals surface area contributed by atoms with Crippen molar-refractivity contribution >= 4 is 15.9 Å².